The van der Waals surface area contributed by atoms with E-state index in [1.54, 1.807) is 0 Å². The summed E-state index contributed by atoms with van der Waals surface area (Å²) >= 11 is -0.590. The summed E-state index contributed by atoms with van der Waals surface area (Å²) in [5.41, 5.74) is 0. The first-order chi connectivity index (χ1) is 29.8. The minimum absolute atomic E-state index is 0.590. The number of nitrogens with zero attached hydrogens (tertiary/aromatic N) is 2. The third-order valence-corrected chi connectivity index (χ3v) is 22.8. The van der Waals surface area contributed by atoms with Crippen LogP contribution in [-0.2, 0) is 21.8 Å². The molecular weight excluding hydrogens is 803 g/mol. The summed E-state index contributed by atoms with van der Waals surface area (Å²) in [5, 5.41) is 7.30. The lowest BCUT2D eigenvalue weighted by Crippen LogP contribution is -2.32. The molecule has 6 heteroatoms. The summed E-state index contributed by atoms with van der Waals surface area (Å²) in [7, 11) is -5.91. The molecule has 0 atom stereocenters. The van der Waals surface area contributed by atoms with Crippen LogP contribution in [-0.4, -0.2) is 0 Å². The summed E-state index contributed by atoms with van der Waals surface area (Å²) in [6.45, 7) is 0. The maximum atomic E-state index is 6.22. The van der Waals surface area contributed by atoms with Crippen molar-refractivity contribution in [2.24, 2.45) is 8.28 Å². The first kappa shape index (κ1) is 39.6. The molecule has 0 radical (unpaired) electrons. The lowest BCUT2D eigenvalue weighted by atomic mass is 10.3. The Labute approximate surface area is 360 Å². The smallest absolute Gasteiger partial charge is 0.0816 e. The van der Waals surface area contributed by atoms with Crippen LogP contribution in [0.2, 0.25) is 0 Å². The van der Waals surface area contributed by atoms with Gasteiger partial charge < -0.3 is 0 Å². The number of benzene rings is 9. The van der Waals surface area contributed by atoms with E-state index in [1.165, 1.54) is 51.4 Å². The fourth-order valence-electron chi connectivity index (χ4n) is 7.54. The highest BCUT2D eigenvalue weighted by molar-refractivity contribution is 8.03. The zero-order chi connectivity index (χ0) is 40.5. The van der Waals surface area contributed by atoms with E-state index in [9.17, 15) is 0 Å². The number of hydrogen-bond acceptors (Lipinski definition) is 2. The van der Waals surface area contributed by atoms with Crippen molar-refractivity contribution >= 4 is 68.1 Å². The third kappa shape index (κ3) is 8.05. The largest absolute Gasteiger partial charge is 0.238 e. The molecule has 0 heterocycles. The van der Waals surface area contributed by atoms with Gasteiger partial charge in [0.05, 0.1) is 0 Å². The molecule has 9 aromatic rings. The van der Waals surface area contributed by atoms with E-state index in [4.69, 9.17) is 8.28 Å². The van der Waals surface area contributed by atoms with Gasteiger partial charge in [0.1, 0.15) is 23.0 Å². The van der Waals surface area contributed by atoms with Crippen LogP contribution in [0.4, 0.5) is 0 Å². The second-order valence-corrected chi connectivity index (χ2v) is 24.1. The highest BCUT2D eigenvalue weighted by Crippen LogP contribution is 2.59. The molecule has 0 aliphatic carbocycles. The average molecular weight is 847 g/mol. The van der Waals surface area contributed by atoms with Crippen LogP contribution >= 0.6 is 14.5 Å². The van der Waals surface area contributed by atoms with Gasteiger partial charge in [-0.1, -0.05) is 178 Å². The van der Waals surface area contributed by atoms with Crippen LogP contribution in [0, 0.1) is 0 Å². The van der Waals surface area contributed by atoms with E-state index in [-0.39, 0.29) is 0 Å². The van der Waals surface area contributed by atoms with Crippen molar-refractivity contribution in [3.8, 4) is 0 Å². The fraction of sp³-hybridized carbons (Fsp3) is 0. The molecule has 0 spiro atoms. The van der Waals surface area contributed by atoms with E-state index >= 15 is 0 Å². The van der Waals surface area contributed by atoms with Crippen molar-refractivity contribution in [2.75, 3.05) is 0 Å². The molecule has 60 heavy (non-hydrogen) atoms. The maximum absolute atomic E-state index is 6.22. The van der Waals surface area contributed by atoms with Gasteiger partial charge in [0.15, 0.2) is 9.79 Å². The summed E-state index contributed by atoms with van der Waals surface area (Å²) in [6.07, 6.45) is 0. The van der Waals surface area contributed by atoms with Gasteiger partial charge in [-0.05, 0) is 97.1 Å². The van der Waals surface area contributed by atoms with Gasteiger partial charge in [-0.15, -0.1) is 0 Å². The predicted molar refractivity (Wildman–Crippen MR) is 262 cm³/mol. The molecule has 0 fully saturated rings. The van der Waals surface area contributed by atoms with Crippen molar-refractivity contribution in [1.82, 2.24) is 0 Å². The van der Waals surface area contributed by atoms with Gasteiger partial charge in [-0.25, -0.2) is 0 Å². The van der Waals surface area contributed by atoms with Crippen LogP contribution in [0.3, 0.4) is 0 Å². The Bertz CT molecular complexity index is 2670. The van der Waals surface area contributed by atoms with Gasteiger partial charge in [0.2, 0.25) is 18.5 Å². The van der Waals surface area contributed by atoms with E-state index in [2.05, 4.69) is 267 Å². The van der Waals surface area contributed by atoms with Gasteiger partial charge in [-0.3, -0.25) is 0 Å². The Kier molecular flexibility index (Phi) is 12.3. The molecule has 0 amide bonds. The minimum atomic E-state index is -2.66. The minimum Gasteiger partial charge on any atom is -0.0816 e. The molecule has 0 saturated heterocycles. The lowest BCUT2D eigenvalue weighted by molar-refractivity contribution is 1.37. The highest BCUT2D eigenvalue weighted by atomic mass is 32.2. The number of rotatable bonds is 12. The quantitative estimate of drug-likeness (QED) is 0.0864. The van der Waals surface area contributed by atoms with Crippen molar-refractivity contribution in [3.05, 3.63) is 267 Å². The zero-order valence-corrected chi connectivity index (χ0v) is 36.4. The normalized spacial score (nSPS) is 11.6. The number of hydrogen-bond donors (Lipinski definition) is 0. The van der Waals surface area contributed by atoms with Gasteiger partial charge in [-0.2, -0.15) is 0 Å². The molecule has 0 aliphatic rings. The monoisotopic (exact) mass is 846 g/mol. The molecule has 0 bridgehead atoms. The van der Waals surface area contributed by atoms with Crippen LogP contribution in [0.5, 0.6) is 0 Å². The van der Waals surface area contributed by atoms with Gasteiger partial charge in [0, 0.05) is 36.4 Å². The van der Waals surface area contributed by atoms with Crippen LogP contribution < -0.4 is 31.8 Å². The lowest BCUT2D eigenvalue weighted by Gasteiger charge is -2.27. The molecule has 0 unspecified atom stereocenters. The molecule has 9 aromatic carbocycles. The Balaban J connectivity index is 1.36. The van der Waals surface area contributed by atoms with E-state index in [0.29, 0.717) is 0 Å². The SMILES string of the molecule is c1ccc(S(=N[P+](c2ccccc2)(c2ccccc2)c2ccc(P(=N[S+](c3ccccc3)c3ccccc3)(c3ccccc3)c3ccccc3)cc2)c2ccccc2)cc1. The summed E-state index contributed by atoms with van der Waals surface area (Å²) in [6, 6.07) is 96.7. The highest BCUT2D eigenvalue weighted by Gasteiger charge is 2.48. The second kappa shape index (κ2) is 18.6. The first-order valence-corrected chi connectivity index (χ1v) is 25.9. The van der Waals surface area contributed by atoms with Gasteiger partial charge >= 0.3 is 0 Å². The summed E-state index contributed by atoms with van der Waals surface area (Å²) < 4.78 is 12.4. The van der Waals surface area contributed by atoms with Crippen LogP contribution in [0.15, 0.2) is 295 Å². The van der Waals surface area contributed by atoms with E-state index in [1.807, 2.05) is 0 Å². The molecular formula is C54H44N2P2S2+2. The average Bonchev–Trinajstić information content (AvgIpc) is 3.35. The van der Waals surface area contributed by atoms with E-state index in [0.717, 1.165) is 0 Å². The Morgan fingerprint density at radius 3 is 1.00 bits per heavy atom. The molecule has 0 aromatic heterocycles. The Hall–Kier alpha value is -5.86. The molecule has 0 saturated carbocycles. The van der Waals surface area contributed by atoms with Crippen LogP contribution in [0.25, 0.3) is 0 Å². The Morgan fingerprint density at radius 1 is 0.317 bits per heavy atom. The molecule has 9 rings (SSSR count). The topological polar surface area (TPSA) is 24.7 Å². The summed E-state index contributed by atoms with van der Waals surface area (Å²) in [4.78, 5) is 4.79. The molecule has 0 aliphatic heterocycles. The summed E-state index contributed by atoms with van der Waals surface area (Å²) in [5.74, 6) is 0. The van der Waals surface area contributed by atoms with Crippen molar-refractivity contribution in [1.29, 1.82) is 0 Å². The maximum Gasteiger partial charge on any atom is 0.238 e. The molecule has 2 nitrogen and oxygen atoms in total. The van der Waals surface area contributed by atoms with Crippen molar-refractivity contribution in [3.63, 3.8) is 0 Å². The molecule has 0 N–H and O–H groups in total. The van der Waals surface area contributed by atoms with Gasteiger partial charge in [0.25, 0.3) is 0 Å². The van der Waals surface area contributed by atoms with Crippen LogP contribution in [0.1, 0.15) is 0 Å². The third-order valence-electron chi connectivity index (χ3n) is 10.4. The molecule has 290 valence electrons. The van der Waals surface area contributed by atoms with Crippen molar-refractivity contribution < 1.29 is 0 Å². The predicted octanol–water partition coefficient (Wildman–Crippen LogP) is 11.9. The standard InChI is InChI=1S/C54H44N2P2S2/c1-9-25-45(26-10-1)57(46-27-11-2-12-28-46,55-59(51-33-17-5-18-34-51)52-35-19-6-20-36-52)49-41-43-50(44-42-49)58(47-29-13-3-14-30-47,48-31-15-4-16-32-48)56-60(53-37-21-7-22-38-53)54-39-23-8-24-40-54/h1-44H/q+2. The Morgan fingerprint density at radius 2 is 0.617 bits per heavy atom. The van der Waals surface area contributed by atoms with E-state index < -0.39 is 36.2 Å². The zero-order valence-electron chi connectivity index (χ0n) is 33.0. The fourth-order valence-corrected chi connectivity index (χ4v) is 20.8. The first-order valence-electron chi connectivity index (χ1n) is 20.0. The van der Waals surface area contributed by atoms with Crippen molar-refractivity contribution in [2.45, 2.75) is 19.6 Å². The second-order valence-electron chi connectivity index (χ2n) is 14.1.